The van der Waals surface area contributed by atoms with E-state index in [0.717, 1.165) is 21.9 Å². The van der Waals surface area contributed by atoms with Gasteiger partial charge in [-0.05, 0) is 36.2 Å². The maximum Gasteiger partial charge on any atom is 0.119 e. The molecule has 0 spiro atoms. The average Bonchev–Trinajstić information content (AvgIpc) is 2.52. The van der Waals surface area contributed by atoms with Crippen LogP contribution < -0.4 is 10.1 Å². The minimum absolute atomic E-state index is 0.0685. The summed E-state index contributed by atoms with van der Waals surface area (Å²) < 4.78 is 5.17. The second kappa shape index (κ2) is 7.46. The molecule has 112 valence electrons. The SMILES string of the molecule is COc1cccc(C(O)CN[C@H](C)c2ccccc2Cl)c1. The summed E-state index contributed by atoms with van der Waals surface area (Å²) in [5, 5.41) is 14.3. The van der Waals surface area contributed by atoms with Crippen LogP contribution in [0, 0.1) is 0 Å². The topological polar surface area (TPSA) is 41.5 Å². The maximum atomic E-state index is 10.3. The summed E-state index contributed by atoms with van der Waals surface area (Å²) in [6.45, 7) is 2.47. The van der Waals surface area contributed by atoms with E-state index in [4.69, 9.17) is 16.3 Å². The van der Waals surface area contributed by atoms with E-state index in [2.05, 4.69) is 5.32 Å². The summed E-state index contributed by atoms with van der Waals surface area (Å²) in [5.41, 5.74) is 1.85. The summed E-state index contributed by atoms with van der Waals surface area (Å²) in [4.78, 5) is 0. The van der Waals surface area contributed by atoms with Gasteiger partial charge >= 0.3 is 0 Å². The van der Waals surface area contributed by atoms with Crippen LogP contribution in [0.1, 0.15) is 30.2 Å². The molecular formula is C17H20ClNO2. The van der Waals surface area contributed by atoms with Gasteiger partial charge in [-0.3, -0.25) is 0 Å². The molecule has 0 aromatic heterocycles. The molecule has 1 unspecified atom stereocenters. The van der Waals surface area contributed by atoms with E-state index >= 15 is 0 Å². The van der Waals surface area contributed by atoms with Gasteiger partial charge in [0.2, 0.25) is 0 Å². The largest absolute Gasteiger partial charge is 0.497 e. The molecule has 0 aliphatic rings. The Morgan fingerprint density at radius 1 is 1.19 bits per heavy atom. The Hall–Kier alpha value is -1.55. The third kappa shape index (κ3) is 4.21. The van der Waals surface area contributed by atoms with Crippen molar-refractivity contribution in [1.29, 1.82) is 0 Å². The van der Waals surface area contributed by atoms with Gasteiger partial charge in [-0.15, -0.1) is 0 Å². The average molecular weight is 306 g/mol. The number of hydrogen-bond acceptors (Lipinski definition) is 3. The molecule has 0 aliphatic heterocycles. The van der Waals surface area contributed by atoms with Crippen molar-refractivity contribution in [3.63, 3.8) is 0 Å². The van der Waals surface area contributed by atoms with Gasteiger partial charge in [0.25, 0.3) is 0 Å². The molecule has 2 aromatic rings. The monoisotopic (exact) mass is 305 g/mol. The highest BCUT2D eigenvalue weighted by Gasteiger charge is 2.12. The highest BCUT2D eigenvalue weighted by molar-refractivity contribution is 6.31. The minimum Gasteiger partial charge on any atom is -0.497 e. The molecule has 2 atom stereocenters. The van der Waals surface area contributed by atoms with E-state index in [0.29, 0.717) is 6.54 Å². The van der Waals surface area contributed by atoms with E-state index < -0.39 is 6.10 Å². The number of hydrogen-bond donors (Lipinski definition) is 2. The van der Waals surface area contributed by atoms with Gasteiger partial charge in [0.15, 0.2) is 0 Å². The first-order valence-corrected chi connectivity index (χ1v) is 7.29. The smallest absolute Gasteiger partial charge is 0.119 e. The molecule has 4 heteroatoms. The lowest BCUT2D eigenvalue weighted by atomic mass is 10.1. The highest BCUT2D eigenvalue weighted by atomic mass is 35.5. The van der Waals surface area contributed by atoms with Crippen molar-refractivity contribution in [2.75, 3.05) is 13.7 Å². The van der Waals surface area contributed by atoms with Crippen molar-refractivity contribution < 1.29 is 9.84 Å². The zero-order valence-corrected chi connectivity index (χ0v) is 13.0. The normalized spacial score (nSPS) is 13.7. The van der Waals surface area contributed by atoms with Crippen LogP contribution in [0.25, 0.3) is 0 Å². The zero-order valence-electron chi connectivity index (χ0n) is 12.2. The molecule has 2 aromatic carbocycles. The maximum absolute atomic E-state index is 10.3. The lowest BCUT2D eigenvalue weighted by Gasteiger charge is -2.19. The Bertz CT molecular complexity index is 589. The van der Waals surface area contributed by atoms with Crippen LogP contribution in [0.4, 0.5) is 0 Å². The highest BCUT2D eigenvalue weighted by Crippen LogP contribution is 2.23. The molecule has 0 saturated carbocycles. The molecular weight excluding hydrogens is 286 g/mol. The fourth-order valence-electron chi connectivity index (χ4n) is 2.19. The Kier molecular flexibility index (Phi) is 5.62. The Labute approximate surface area is 130 Å². The van der Waals surface area contributed by atoms with Crippen LogP contribution in [0.3, 0.4) is 0 Å². The van der Waals surface area contributed by atoms with E-state index in [-0.39, 0.29) is 6.04 Å². The minimum atomic E-state index is -0.593. The van der Waals surface area contributed by atoms with E-state index in [1.54, 1.807) is 7.11 Å². The van der Waals surface area contributed by atoms with Crippen molar-refractivity contribution in [2.45, 2.75) is 19.1 Å². The quantitative estimate of drug-likeness (QED) is 0.854. The summed E-state index contributed by atoms with van der Waals surface area (Å²) in [7, 11) is 1.61. The molecule has 0 bridgehead atoms. The lowest BCUT2D eigenvalue weighted by molar-refractivity contribution is 0.170. The number of aliphatic hydroxyl groups excluding tert-OH is 1. The number of ether oxygens (including phenoxy) is 1. The number of rotatable bonds is 6. The Balaban J connectivity index is 1.97. The number of benzene rings is 2. The molecule has 2 N–H and O–H groups in total. The molecule has 2 rings (SSSR count). The van der Waals surface area contributed by atoms with Crippen LogP contribution >= 0.6 is 11.6 Å². The molecule has 0 aliphatic carbocycles. The van der Waals surface area contributed by atoms with Crippen LogP contribution in [-0.4, -0.2) is 18.8 Å². The zero-order chi connectivity index (χ0) is 15.2. The van der Waals surface area contributed by atoms with Crippen LogP contribution in [0.15, 0.2) is 48.5 Å². The molecule has 3 nitrogen and oxygen atoms in total. The van der Waals surface area contributed by atoms with E-state index in [1.165, 1.54) is 0 Å². The van der Waals surface area contributed by atoms with Crippen molar-refractivity contribution in [1.82, 2.24) is 5.32 Å². The van der Waals surface area contributed by atoms with Gasteiger partial charge < -0.3 is 15.2 Å². The van der Waals surface area contributed by atoms with Gasteiger partial charge in [0.1, 0.15) is 5.75 Å². The Morgan fingerprint density at radius 3 is 2.67 bits per heavy atom. The molecule has 0 fully saturated rings. The Morgan fingerprint density at radius 2 is 1.95 bits per heavy atom. The fraction of sp³-hybridized carbons (Fsp3) is 0.294. The summed E-state index contributed by atoms with van der Waals surface area (Å²) >= 11 is 6.17. The van der Waals surface area contributed by atoms with Crippen LogP contribution in [0.2, 0.25) is 5.02 Å². The summed E-state index contributed by atoms with van der Waals surface area (Å²) in [5.74, 6) is 0.741. The first-order chi connectivity index (χ1) is 10.1. The molecule has 0 radical (unpaired) electrons. The van der Waals surface area contributed by atoms with E-state index in [9.17, 15) is 5.11 Å². The number of aliphatic hydroxyl groups is 1. The first kappa shape index (κ1) is 15.8. The number of methoxy groups -OCH3 is 1. The molecule has 21 heavy (non-hydrogen) atoms. The predicted octanol–water partition coefficient (Wildman–Crippen LogP) is 3.73. The van der Waals surface area contributed by atoms with Crippen molar-refractivity contribution >= 4 is 11.6 Å². The molecule has 0 heterocycles. The standard InChI is InChI=1S/C17H20ClNO2/c1-12(15-8-3-4-9-16(15)18)19-11-17(20)13-6-5-7-14(10-13)21-2/h3-10,12,17,19-20H,11H2,1-2H3/t12-,17?/m1/s1. The van der Waals surface area contributed by atoms with Crippen molar-refractivity contribution in [2.24, 2.45) is 0 Å². The van der Waals surface area contributed by atoms with Crippen molar-refractivity contribution in [3.05, 3.63) is 64.7 Å². The van der Waals surface area contributed by atoms with E-state index in [1.807, 2.05) is 55.5 Å². The number of halogens is 1. The van der Waals surface area contributed by atoms with Gasteiger partial charge in [-0.1, -0.05) is 41.9 Å². The molecule has 0 saturated heterocycles. The first-order valence-electron chi connectivity index (χ1n) is 6.91. The third-order valence-electron chi connectivity index (χ3n) is 3.47. The second-order valence-corrected chi connectivity index (χ2v) is 5.35. The van der Waals surface area contributed by atoms with Gasteiger partial charge in [0, 0.05) is 17.6 Å². The summed E-state index contributed by atoms with van der Waals surface area (Å²) in [6, 6.07) is 15.2. The number of nitrogens with one attached hydrogen (secondary N) is 1. The third-order valence-corrected chi connectivity index (χ3v) is 3.81. The van der Waals surface area contributed by atoms with Crippen molar-refractivity contribution in [3.8, 4) is 5.75 Å². The fourth-order valence-corrected chi connectivity index (χ4v) is 2.49. The lowest BCUT2D eigenvalue weighted by Crippen LogP contribution is -2.24. The predicted molar refractivity (Wildman–Crippen MR) is 85.8 cm³/mol. The molecule has 0 amide bonds. The van der Waals surface area contributed by atoms with Gasteiger partial charge in [-0.25, -0.2) is 0 Å². The van der Waals surface area contributed by atoms with Crippen LogP contribution in [0.5, 0.6) is 5.75 Å². The van der Waals surface area contributed by atoms with Gasteiger partial charge in [0.05, 0.1) is 13.2 Å². The van der Waals surface area contributed by atoms with Gasteiger partial charge in [-0.2, -0.15) is 0 Å². The van der Waals surface area contributed by atoms with Crippen LogP contribution in [-0.2, 0) is 0 Å². The second-order valence-electron chi connectivity index (χ2n) is 4.94. The summed E-state index contributed by atoms with van der Waals surface area (Å²) in [6.07, 6.45) is -0.593.